The maximum Gasteiger partial charge on any atom is 0.322 e. The highest BCUT2D eigenvalue weighted by Crippen LogP contribution is 2.17. The Labute approximate surface area is 205 Å². The first-order chi connectivity index (χ1) is 15.9. The van der Waals surface area contributed by atoms with Crippen LogP contribution < -0.4 is 27.0 Å². The number of nitrogens with zero attached hydrogens (tertiary/aromatic N) is 3. The number of nitrogens with two attached hydrogens (primary N) is 1. The van der Waals surface area contributed by atoms with Crippen molar-refractivity contribution >= 4 is 59.0 Å². The van der Waals surface area contributed by atoms with E-state index in [2.05, 4.69) is 36.2 Å². The summed E-state index contributed by atoms with van der Waals surface area (Å²) in [4.78, 5) is 58.3. The fraction of sp³-hybridized carbons (Fsp3) is 0.611. The van der Waals surface area contributed by atoms with Gasteiger partial charge in [0.1, 0.15) is 18.6 Å². The van der Waals surface area contributed by atoms with E-state index >= 15 is 0 Å². The lowest BCUT2D eigenvalue weighted by Crippen LogP contribution is -2.49. The molecule has 34 heavy (non-hydrogen) atoms. The van der Waals surface area contributed by atoms with Gasteiger partial charge < -0.3 is 37.2 Å². The van der Waals surface area contributed by atoms with E-state index in [9.17, 15) is 19.2 Å². The van der Waals surface area contributed by atoms with Gasteiger partial charge in [-0.3, -0.25) is 19.2 Å². The Morgan fingerprint density at radius 3 is 2.24 bits per heavy atom. The lowest BCUT2D eigenvalue weighted by Gasteiger charge is -2.21. The van der Waals surface area contributed by atoms with Crippen molar-refractivity contribution in [3.63, 3.8) is 0 Å². The first-order valence-corrected chi connectivity index (χ1v) is 11.6. The van der Waals surface area contributed by atoms with Gasteiger partial charge in [-0.15, -0.1) is 11.8 Å². The van der Waals surface area contributed by atoms with E-state index in [0.29, 0.717) is 0 Å². The summed E-state index contributed by atoms with van der Waals surface area (Å²) in [5.74, 6) is -3.25. The minimum Gasteiger partial charge on any atom is -0.480 e. The molecule has 1 heterocycles. The number of rotatable bonds is 15. The van der Waals surface area contributed by atoms with Crippen LogP contribution in [0.5, 0.6) is 0 Å². The van der Waals surface area contributed by atoms with Crippen molar-refractivity contribution in [1.29, 1.82) is 0 Å². The fourth-order valence-electron chi connectivity index (χ4n) is 2.35. The van der Waals surface area contributed by atoms with Gasteiger partial charge in [-0.05, 0) is 38.8 Å². The predicted molar refractivity (Wildman–Crippen MR) is 127 cm³/mol. The minimum atomic E-state index is -1.25. The summed E-state index contributed by atoms with van der Waals surface area (Å²) in [6, 6.07) is -2.23. The Morgan fingerprint density at radius 2 is 1.68 bits per heavy atom. The lowest BCUT2D eigenvalue weighted by atomic mass is 10.1. The number of thioether (sulfide) groups is 1. The minimum absolute atomic E-state index is 0.0180. The normalized spacial score (nSPS) is 13.5. The van der Waals surface area contributed by atoms with Crippen molar-refractivity contribution < 1.29 is 29.4 Å². The maximum absolute atomic E-state index is 12.4. The summed E-state index contributed by atoms with van der Waals surface area (Å²) in [7, 11) is 0. The molecule has 1 rings (SSSR count). The highest BCUT2D eigenvalue weighted by Gasteiger charge is 2.23. The molecule has 0 aromatic carbocycles. The molecule has 8 N–H and O–H groups in total. The number of nitrogens with one attached hydrogen (secondary N) is 4. The summed E-state index contributed by atoms with van der Waals surface area (Å²) in [6.45, 7) is 4.95. The Bertz CT molecular complexity index is 877. The largest absolute Gasteiger partial charge is 0.480 e. The smallest absolute Gasteiger partial charge is 0.322 e. The zero-order chi connectivity index (χ0) is 25.8. The number of hydrogen-bond acceptors (Lipinski definition) is 11. The van der Waals surface area contributed by atoms with E-state index in [0.717, 1.165) is 0 Å². The topological polar surface area (TPSA) is 222 Å². The van der Waals surface area contributed by atoms with Gasteiger partial charge in [-0.25, -0.2) is 0 Å². The number of anilines is 2. The van der Waals surface area contributed by atoms with Gasteiger partial charge >= 0.3 is 11.9 Å². The quantitative estimate of drug-likeness (QED) is 0.148. The van der Waals surface area contributed by atoms with Crippen molar-refractivity contribution in [3.05, 3.63) is 5.28 Å². The second kappa shape index (κ2) is 14.4. The van der Waals surface area contributed by atoms with Crippen LogP contribution in [0.2, 0.25) is 5.28 Å². The number of carbonyl (C=O) groups excluding carboxylic acids is 2. The standard InChI is InChI=1S/C18H29ClN8O6S/c1-8(2)22-17-25-16(19)26-18(27-17)23-9(3)34-7-11(14(31)21-6-13(29)30)24-12(28)5-4-10(20)15(32)33/h8-11H,4-7,20H2,1-3H3,(H,21,31)(H,24,28)(H,29,30)(H,32,33)(H2,22,23,25,26,27). The van der Waals surface area contributed by atoms with Crippen LogP contribution in [-0.4, -0.2) is 84.7 Å². The number of aromatic nitrogens is 3. The van der Waals surface area contributed by atoms with E-state index in [4.69, 9.17) is 27.5 Å². The Balaban J connectivity index is 2.76. The molecule has 0 aliphatic rings. The molecule has 190 valence electrons. The number of aliphatic carboxylic acids is 2. The number of halogens is 1. The summed E-state index contributed by atoms with van der Waals surface area (Å²) in [5.41, 5.74) is 5.39. The molecule has 0 saturated heterocycles. The molecule has 2 amide bonds. The average Bonchev–Trinajstić information content (AvgIpc) is 2.71. The first-order valence-electron chi connectivity index (χ1n) is 10.2. The number of hydrogen-bond donors (Lipinski definition) is 7. The SMILES string of the molecule is CC(C)Nc1nc(Cl)nc(NC(C)SCC(NC(=O)CCC(N)C(=O)O)C(=O)NCC(=O)O)n1. The highest BCUT2D eigenvalue weighted by molar-refractivity contribution is 8.00. The van der Waals surface area contributed by atoms with Gasteiger partial charge in [-0.2, -0.15) is 15.0 Å². The number of carboxylic acid groups (broad SMARTS) is 2. The van der Waals surface area contributed by atoms with Crippen molar-refractivity contribution in [2.75, 3.05) is 22.9 Å². The van der Waals surface area contributed by atoms with Gasteiger partial charge in [0, 0.05) is 18.2 Å². The monoisotopic (exact) mass is 520 g/mol. The van der Waals surface area contributed by atoms with Crippen LogP contribution in [0.4, 0.5) is 11.9 Å². The van der Waals surface area contributed by atoms with Gasteiger partial charge in [-0.1, -0.05) is 0 Å². The first kappa shape index (κ1) is 29.1. The van der Waals surface area contributed by atoms with Crippen LogP contribution in [-0.2, 0) is 19.2 Å². The molecule has 16 heteroatoms. The molecule has 3 unspecified atom stereocenters. The predicted octanol–water partition coefficient (Wildman–Crippen LogP) is -0.286. The molecule has 14 nitrogen and oxygen atoms in total. The zero-order valence-corrected chi connectivity index (χ0v) is 20.4. The van der Waals surface area contributed by atoms with Crippen molar-refractivity contribution in [3.8, 4) is 0 Å². The van der Waals surface area contributed by atoms with Crippen LogP contribution in [0.15, 0.2) is 0 Å². The Morgan fingerprint density at radius 1 is 1.06 bits per heavy atom. The van der Waals surface area contributed by atoms with Gasteiger partial charge in [0.2, 0.25) is 29.0 Å². The van der Waals surface area contributed by atoms with Crippen molar-refractivity contribution in [2.45, 2.75) is 57.1 Å². The lowest BCUT2D eigenvalue weighted by molar-refractivity contribution is -0.139. The van der Waals surface area contributed by atoms with Crippen LogP contribution in [0.3, 0.4) is 0 Å². The molecule has 1 aromatic heterocycles. The number of carboxylic acids is 2. The summed E-state index contributed by atoms with van der Waals surface area (Å²) >= 11 is 7.15. The maximum atomic E-state index is 12.4. The third-order valence-corrected chi connectivity index (χ3v) is 5.25. The van der Waals surface area contributed by atoms with E-state index in [1.54, 1.807) is 6.92 Å². The number of carbonyl (C=O) groups is 4. The fourth-order valence-corrected chi connectivity index (χ4v) is 3.41. The molecular formula is C18H29ClN8O6S. The van der Waals surface area contributed by atoms with Gasteiger partial charge in [0.25, 0.3) is 0 Å². The third-order valence-electron chi connectivity index (χ3n) is 3.94. The van der Waals surface area contributed by atoms with Crippen LogP contribution in [0, 0.1) is 0 Å². The molecular weight excluding hydrogens is 492 g/mol. The van der Waals surface area contributed by atoms with Crippen LogP contribution >= 0.6 is 23.4 Å². The molecule has 0 spiro atoms. The summed E-state index contributed by atoms with van der Waals surface area (Å²) in [5, 5.41) is 27.9. The second-order valence-corrected chi connectivity index (χ2v) is 9.10. The molecule has 0 radical (unpaired) electrons. The molecule has 3 atom stereocenters. The van der Waals surface area contributed by atoms with Crippen molar-refractivity contribution in [1.82, 2.24) is 25.6 Å². The zero-order valence-electron chi connectivity index (χ0n) is 18.9. The van der Waals surface area contributed by atoms with Crippen LogP contribution in [0.1, 0.15) is 33.6 Å². The van der Waals surface area contributed by atoms with E-state index in [1.165, 1.54) is 11.8 Å². The molecule has 1 aromatic rings. The van der Waals surface area contributed by atoms with E-state index in [-0.39, 0.29) is 47.2 Å². The van der Waals surface area contributed by atoms with Crippen LogP contribution in [0.25, 0.3) is 0 Å². The highest BCUT2D eigenvalue weighted by atomic mass is 35.5. The van der Waals surface area contributed by atoms with E-state index < -0.39 is 42.4 Å². The third kappa shape index (κ3) is 11.8. The van der Waals surface area contributed by atoms with Crippen molar-refractivity contribution in [2.24, 2.45) is 5.73 Å². The molecule has 0 saturated carbocycles. The van der Waals surface area contributed by atoms with Gasteiger partial charge in [0.05, 0.1) is 5.37 Å². The number of amides is 2. The summed E-state index contributed by atoms with van der Waals surface area (Å²) < 4.78 is 0. The summed E-state index contributed by atoms with van der Waals surface area (Å²) in [6.07, 6.45) is -0.341. The molecule has 0 aliphatic heterocycles. The van der Waals surface area contributed by atoms with E-state index in [1.807, 2.05) is 13.8 Å². The molecule has 0 fully saturated rings. The Hall–Kier alpha value is -2.91. The Kier molecular flexibility index (Phi) is 12.3. The molecule has 0 bridgehead atoms. The van der Waals surface area contributed by atoms with Gasteiger partial charge in [0.15, 0.2) is 0 Å². The molecule has 0 aliphatic carbocycles. The average molecular weight is 521 g/mol. The second-order valence-electron chi connectivity index (χ2n) is 7.39.